The largest absolute Gasteiger partial charge is 0.462 e. The molecular weight excluding hydrogens is 985 g/mol. The van der Waals surface area contributed by atoms with Crippen LogP contribution >= 0.6 is 0 Å². The van der Waals surface area contributed by atoms with Crippen LogP contribution in [0, 0.1) is 0 Å². The minimum absolute atomic E-state index is 0.0655. The van der Waals surface area contributed by atoms with Gasteiger partial charge in [0.15, 0.2) is 6.10 Å². The van der Waals surface area contributed by atoms with Crippen LogP contribution in [0.15, 0.2) is 24.3 Å². The van der Waals surface area contributed by atoms with Gasteiger partial charge in [0, 0.05) is 19.3 Å². The van der Waals surface area contributed by atoms with Gasteiger partial charge in [-0.2, -0.15) is 0 Å². The molecule has 6 nitrogen and oxygen atoms in total. The number of unbranched alkanes of at least 4 members (excludes halogenated alkanes) is 53. The molecule has 1 unspecified atom stereocenters. The summed E-state index contributed by atoms with van der Waals surface area (Å²) < 4.78 is 17.0. The number of esters is 3. The summed E-state index contributed by atoms with van der Waals surface area (Å²) in [5.74, 6) is -0.833. The topological polar surface area (TPSA) is 78.9 Å². The standard InChI is InChI=1S/C74H140O6/c1-4-7-10-13-16-19-22-25-28-31-34-36-37-38-41-43-46-49-52-55-58-61-64-67-73(76)79-70-71(69-78-72(75)66-63-60-57-54-51-48-45-42-39-33-30-27-24-21-18-15-12-9-6-3)80-74(77)68-65-62-59-56-53-50-47-44-40-35-32-29-26-23-20-17-14-11-8-5-2/h18,21,27,30,71H,4-17,19-20,22-26,28-29,31-70H2,1-3H3/b21-18-,30-27-. The molecule has 80 heavy (non-hydrogen) atoms. The van der Waals surface area contributed by atoms with Gasteiger partial charge >= 0.3 is 17.9 Å². The van der Waals surface area contributed by atoms with E-state index in [1.54, 1.807) is 0 Å². The Balaban J connectivity index is 4.29. The molecule has 0 bridgehead atoms. The van der Waals surface area contributed by atoms with Crippen molar-refractivity contribution < 1.29 is 28.6 Å². The third-order valence-corrected chi connectivity index (χ3v) is 16.7. The fourth-order valence-electron chi connectivity index (χ4n) is 11.2. The van der Waals surface area contributed by atoms with Crippen LogP contribution in [0.25, 0.3) is 0 Å². The van der Waals surface area contributed by atoms with Crippen molar-refractivity contribution in [3.8, 4) is 0 Å². The first kappa shape index (κ1) is 77.9. The molecule has 0 aliphatic heterocycles. The summed E-state index contributed by atoms with van der Waals surface area (Å²) in [6.07, 6.45) is 84.9. The van der Waals surface area contributed by atoms with Crippen molar-refractivity contribution in [2.45, 2.75) is 419 Å². The van der Waals surface area contributed by atoms with E-state index in [1.807, 2.05) is 0 Å². The van der Waals surface area contributed by atoms with Crippen molar-refractivity contribution in [2.24, 2.45) is 0 Å². The van der Waals surface area contributed by atoms with Gasteiger partial charge in [-0.1, -0.05) is 366 Å². The molecule has 0 aromatic carbocycles. The molecule has 0 amide bonds. The Labute approximate surface area is 500 Å². The third-order valence-electron chi connectivity index (χ3n) is 16.7. The van der Waals surface area contributed by atoms with Gasteiger partial charge in [-0.05, 0) is 51.4 Å². The van der Waals surface area contributed by atoms with Gasteiger partial charge in [-0.15, -0.1) is 0 Å². The lowest BCUT2D eigenvalue weighted by Gasteiger charge is -2.18. The molecule has 0 aromatic heterocycles. The Morgan fingerprint density at radius 2 is 0.450 bits per heavy atom. The maximum atomic E-state index is 13.0. The SMILES string of the molecule is CCCCC/C=C\C/C=C\CCCCCCCCCCCC(=O)OCC(COC(=O)CCCCCCCCCCCCCCCCCCCCCCCCC)OC(=O)CCCCCCCCCCCCCCCCCCCCCC. The van der Waals surface area contributed by atoms with Crippen molar-refractivity contribution in [2.75, 3.05) is 13.2 Å². The van der Waals surface area contributed by atoms with E-state index >= 15 is 0 Å². The van der Waals surface area contributed by atoms with E-state index in [9.17, 15) is 14.4 Å². The predicted octanol–water partition coefficient (Wildman–Crippen LogP) is 25.0. The van der Waals surface area contributed by atoms with E-state index in [4.69, 9.17) is 14.2 Å². The zero-order valence-electron chi connectivity index (χ0n) is 54.4. The molecule has 6 heteroatoms. The molecule has 0 N–H and O–H groups in total. The number of carbonyl (C=O) groups is 3. The summed E-state index contributed by atoms with van der Waals surface area (Å²) in [4.78, 5) is 38.5. The first-order valence-corrected chi connectivity index (χ1v) is 36.3. The Hall–Kier alpha value is -2.11. The molecule has 0 heterocycles. The first-order valence-electron chi connectivity index (χ1n) is 36.3. The van der Waals surface area contributed by atoms with Gasteiger partial charge in [-0.3, -0.25) is 14.4 Å². The van der Waals surface area contributed by atoms with Crippen LogP contribution in [-0.4, -0.2) is 37.2 Å². The first-order chi connectivity index (χ1) is 39.5. The molecular formula is C74H140O6. The Kier molecular flexibility index (Phi) is 67.6. The molecule has 0 saturated heterocycles. The molecule has 0 saturated carbocycles. The Morgan fingerprint density at radius 1 is 0.250 bits per heavy atom. The highest BCUT2D eigenvalue weighted by Crippen LogP contribution is 2.19. The summed E-state index contributed by atoms with van der Waals surface area (Å²) in [5, 5.41) is 0. The molecule has 472 valence electrons. The zero-order chi connectivity index (χ0) is 57.8. The number of allylic oxidation sites excluding steroid dienone is 4. The monoisotopic (exact) mass is 1130 g/mol. The number of ether oxygens (including phenoxy) is 3. The average Bonchev–Trinajstić information content (AvgIpc) is 3.46. The lowest BCUT2D eigenvalue weighted by molar-refractivity contribution is -0.167. The van der Waals surface area contributed by atoms with E-state index in [2.05, 4.69) is 45.1 Å². The lowest BCUT2D eigenvalue weighted by Crippen LogP contribution is -2.30. The van der Waals surface area contributed by atoms with Crippen LogP contribution in [-0.2, 0) is 28.6 Å². The van der Waals surface area contributed by atoms with Crippen molar-refractivity contribution in [3.63, 3.8) is 0 Å². The second kappa shape index (κ2) is 69.4. The summed E-state index contributed by atoms with van der Waals surface area (Å²) in [7, 11) is 0. The number of hydrogen-bond acceptors (Lipinski definition) is 6. The van der Waals surface area contributed by atoms with Gasteiger partial charge in [0.05, 0.1) is 0 Å². The number of rotatable bonds is 68. The molecule has 0 spiro atoms. The fourth-order valence-corrected chi connectivity index (χ4v) is 11.2. The van der Waals surface area contributed by atoms with E-state index in [1.165, 1.54) is 308 Å². The van der Waals surface area contributed by atoms with Gasteiger partial charge < -0.3 is 14.2 Å². The number of carbonyl (C=O) groups excluding carboxylic acids is 3. The number of hydrogen-bond donors (Lipinski definition) is 0. The van der Waals surface area contributed by atoms with Crippen molar-refractivity contribution in [1.82, 2.24) is 0 Å². The smallest absolute Gasteiger partial charge is 0.306 e. The second-order valence-corrected chi connectivity index (χ2v) is 24.9. The molecule has 0 aromatic rings. The Bertz CT molecular complexity index is 1290. The quantitative estimate of drug-likeness (QED) is 0.0261. The van der Waals surface area contributed by atoms with Gasteiger partial charge in [0.1, 0.15) is 13.2 Å². The van der Waals surface area contributed by atoms with Crippen molar-refractivity contribution >= 4 is 17.9 Å². The summed E-state index contributed by atoms with van der Waals surface area (Å²) >= 11 is 0. The fraction of sp³-hybridized carbons (Fsp3) is 0.905. The van der Waals surface area contributed by atoms with Crippen LogP contribution in [0.5, 0.6) is 0 Å². The van der Waals surface area contributed by atoms with E-state index < -0.39 is 6.10 Å². The van der Waals surface area contributed by atoms with Gasteiger partial charge in [0.25, 0.3) is 0 Å². The maximum absolute atomic E-state index is 13.0. The van der Waals surface area contributed by atoms with E-state index in [0.717, 1.165) is 64.2 Å². The minimum Gasteiger partial charge on any atom is -0.462 e. The minimum atomic E-state index is -0.770. The van der Waals surface area contributed by atoms with E-state index in [0.29, 0.717) is 19.3 Å². The predicted molar refractivity (Wildman–Crippen MR) is 349 cm³/mol. The summed E-state index contributed by atoms with van der Waals surface area (Å²) in [6, 6.07) is 0. The highest BCUT2D eigenvalue weighted by Gasteiger charge is 2.19. The summed E-state index contributed by atoms with van der Waals surface area (Å²) in [5.41, 5.74) is 0. The van der Waals surface area contributed by atoms with Crippen LogP contribution in [0.1, 0.15) is 412 Å². The molecule has 0 radical (unpaired) electrons. The van der Waals surface area contributed by atoms with Crippen LogP contribution in [0.4, 0.5) is 0 Å². The average molecular weight is 1130 g/mol. The van der Waals surface area contributed by atoms with Crippen LogP contribution in [0.2, 0.25) is 0 Å². The normalized spacial score (nSPS) is 12.1. The second-order valence-electron chi connectivity index (χ2n) is 24.9. The van der Waals surface area contributed by atoms with Gasteiger partial charge in [0.2, 0.25) is 0 Å². The molecule has 0 aliphatic rings. The van der Waals surface area contributed by atoms with E-state index in [-0.39, 0.29) is 31.1 Å². The van der Waals surface area contributed by atoms with Crippen molar-refractivity contribution in [1.29, 1.82) is 0 Å². The van der Waals surface area contributed by atoms with Crippen LogP contribution in [0.3, 0.4) is 0 Å². The molecule has 0 fully saturated rings. The summed E-state index contributed by atoms with van der Waals surface area (Å²) in [6.45, 7) is 6.71. The lowest BCUT2D eigenvalue weighted by atomic mass is 10.0. The third kappa shape index (κ3) is 66.7. The highest BCUT2D eigenvalue weighted by molar-refractivity contribution is 5.71. The maximum Gasteiger partial charge on any atom is 0.306 e. The molecule has 1 atom stereocenters. The molecule has 0 aliphatic carbocycles. The Morgan fingerprint density at radius 3 is 0.713 bits per heavy atom. The van der Waals surface area contributed by atoms with Crippen LogP contribution < -0.4 is 0 Å². The molecule has 0 rings (SSSR count). The van der Waals surface area contributed by atoms with Crippen molar-refractivity contribution in [3.05, 3.63) is 24.3 Å². The zero-order valence-corrected chi connectivity index (χ0v) is 54.4. The van der Waals surface area contributed by atoms with Gasteiger partial charge in [-0.25, -0.2) is 0 Å². The highest BCUT2D eigenvalue weighted by atomic mass is 16.6.